The maximum atomic E-state index is 12.6. The van der Waals surface area contributed by atoms with Crippen LogP contribution in [0.4, 0.5) is 11.4 Å². The van der Waals surface area contributed by atoms with Crippen LogP contribution in [-0.4, -0.2) is 36.6 Å². The standard InChI is InChI=1S/C23H29N3OS/c1-3-13-24-23(27)17-11-12-21-19(16-17)26(18-9-5-6-10-20(18)28-21)22(4-2)25-14-7-8-15-25/h5-6,9-12,16,22H,3-4,7-8,13-15H2,1-2H3,(H,24,27). The summed E-state index contributed by atoms with van der Waals surface area (Å²) in [7, 11) is 0. The Labute approximate surface area is 172 Å². The van der Waals surface area contributed by atoms with Gasteiger partial charge >= 0.3 is 0 Å². The maximum Gasteiger partial charge on any atom is 0.251 e. The molecule has 1 saturated heterocycles. The van der Waals surface area contributed by atoms with Crippen LogP contribution in [0, 0.1) is 0 Å². The zero-order chi connectivity index (χ0) is 19.5. The molecule has 1 N–H and O–H groups in total. The van der Waals surface area contributed by atoms with Crippen LogP contribution >= 0.6 is 11.8 Å². The van der Waals surface area contributed by atoms with Crippen molar-refractivity contribution in [2.24, 2.45) is 0 Å². The van der Waals surface area contributed by atoms with Crippen LogP contribution in [0.2, 0.25) is 0 Å². The highest BCUT2D eigenvalue weighted by atomic mass is 32.2. The Bertz CT molecular complexity index is 847. The van der Waals surface area contributed by atoms with Gasteiger partial charge < -0.3 is 10.2 Å². The monoisotopic (exact) mass is 395 g/mol. The number of rotatable bonds is 6. The fraction of sp³-hybridized carbons (Fsp3) is 0.435. The first-order valence-electron chi connectivity index (χ1n) is 10.4. The fourth-order valence-corrected chi connectivity index (χ4v) is 5.28. The molecule has 1 atom stereocenters. The van der Waals surface area contributed by atoms with E-state index in [0.717, 1.165) is 37.2 Å². The molecule has 2 heterocycles. The minimum atomic E-state index is 0.0164. The summed E-state index contributed by atoms with van der Waals surface area (Å²) in [6, 6.07) is 14.8. The SMILES string of the molecule is CCCNC(=O)c1ccc2c(c1)N(C(CC)N1CCCC1)c1ccccc1S2. The molecule has 4 rings (SSSR count). The quantitative estimate of drug-likeness (QED) is 0.724. The van der Waals surface area contributed by atoms with Crippen molar-refractivity contribution in [3.05, 3.63) is 48.0 Å². The number of para-hydroxylation sites is 1. The minimum Gasteiger partial charge on any atom is -0.352 e. The molecule has 4 nitrogen and oxygen atoms in total. The zero-order valence-electron chi connectivity index (χ0n) is 16.8. The Balaban J connectivity index is 1.77. The topological polar surface area (TPSA) is 35.6 Å². The van der Waals surface area contributed by atoms with Gasteiger partial charge in [0.05, 0.1) is 17.5 Å². The third-order valence-electron chi connectivity index (χ3n) is 5.59. The van der Waals surface area contributed by atoms with E-state index in [2.05, 4.69) is 65.4 Å². The molecule has 0 bridgehead atoms. The Morgan fingerprint density at radius 3 is 2.57 bits per heavy atom. The van der Waals surface area contributed by atoms with Gasteiger partial charge in [-0.2, -0.15) is 0 Å². The van der Waals surface area contributed by atoms with Crippen LogP contribution in [0.5, 0.6) is 0 Å². The smallest absolute Gasteiger partial charge is 0.251 e. The summed E-state index contributed by atoms with van der Waals surface area (Å²) in [5, 5.41) is 3.01. The number of carbonyl (C=O) groups is 1. The number of anilines is 2. The van der Waals surface area contributed by atoms with Crippen LogP contribution in [-0.2, 0) is 0 Å². The molecule has 5 heteroatoms. The highest BCUT2D eigenvalue weighted by molar-refractivity contribution is 7.99. The molecule has 2 aromatic carbocycles. The lowest BCUT2D eigenvalue weighted by Gasteiger charge is -2.42. The molecule has 0 aliphatic carbocycles. The number of fused-ring (bicyclic) bond motifs is 2. The summed E-state index contributed by atoms with van der Waals surface area (Å²) < 4.78 is 0. The van der Waals surface area contributed by atoms with E-state index in [9.17, 15) is 4.79 Å². The number of nitrogens with one attached hydrogen (secondary N) is 1. The summed E-state index contributed by atoms with van der Waals surface area (Å²) in [6.07, 6.45) is 4.85. The van der Waals surface area contributed by atoms with Gasteiger partial charge in [0.15, 0.2) is 0 Å². The molecule has 1 amide bonds. The second-order valence-electron chi connectivity index (χ2n) is 7.51. The first-order chi connectivity index (χ1) is 13.7. The number of likely N-dealkylation sites (tertiary alicyclic amines) is 1. The van der Waals surface area contributed by atoms with Gasteiger partial charge in [-0.3, -0.25) is 9.69 Å². The van der Waals surface area contributed by atoms with Gasteiger partial charge in [-0.05, 0) is 56.0 Å². The average molecular weight is 396 g/mol. The van der Waals surface area contributed by atoms with Gasteiger partial charge in [-0.1, -0.05) is 37.7 Å². The van der Waals surface area contributed by atoms with Crippen LogP contribution < -0.4 is 10.2 Å². The predicted octanol–water partition coefficient (Wildman–Crippen LogP) is 5.26. The van der Waals surface area contributed by atoms with E-state index in [0.29, 0.717) is 12.7 Å². The van der Waals surface area contributed by atoms with Gasteiger partial charge in [-0.15, -0.1) is 0 Å². The molecule has 28 heavy (non-hydrogen) atoms. The lowest BCUT2D eigenvalue weighted by atomic mass is 10.1. The molecule has 0 aromatic heterocycles. The average Bonchev–Trinajstić information content (AvgIpc) is 3.26. The van der Waals surface area contributed by atoms with Crippen LogP contribution in [0.1, 0.15) is 49.9 Å². The molecule has 0 saturated carbocycles. The number of hydrogen-bond acceptors (Lipinski definition) is 4. The van der Waals surface area contributed by atoms with Gasteiger partial charge in [0.2, 0.25) is 0 Å². The summed E-state index contributed by atoms with van der Waals surface area (Å²) in [5.74, 6) is 0.0164. The second kappa shape index (κ2) is 8.58. The van der Waals surface area contributed by atoms with Crippen molar-refractivity contribution in [2.75, 3.05) is 24.5 Å². The zero-order valence-corrected chi connectivity index (χ0v) is 17.6. The van der Waals surface area contributed by atoms with Crippen molar-refractivity contribution in [3.8, 4) is 0 Å². The second-order valence-corrected chi connectivity index (χ2v) is 8.59. The summed E-state index contributed by atoms with van der Waals surface area (Å²) in [4.78, 5) is 20.2. The van der Waals surface area contributed by atoms with E-state index in [4.69, 9.17) is 0 Å². The van der Waals surface area contributed by atoms with Crippen LogP contribution in [0.3, 0.4) is 0 Å². The lowest BCUT2D eigenvalue weighted by molar-refractivity contribution is 0.0953. The van der Waals surface area contributed by atoms with E-state index in [-0.39, 0.29) is 5.91 Å². The predicted molar refractivity (Wildman–Crippen MR) is 117 cm³/mol. The van der Waals surface area contributed by atoms with Gasteiger partial charge in [0.25, 0.3) is 5.91 Å². The van der Waals surface area contributed by atoms with Crippen LogP contribution in [0.25, 0.3) is 0 Å². The van der Waals surface area contributed by atoms with Crippen molar-refractivity contribution < 1.29 is 4.79 Å². The number of hydrogen-bond donors (Lipinski definition) is 1. The maximum absolute atomic E-state index is 12.6. The van der Waals surface area contributed by atoms with Gasteiger partial charge in [0.1, 0.15) is 0 Å². The van der Waals surface area contributed by atoms with E-state index < -0.39 is 0 Å². The molecule has 148 valence electrons. The number of amides is 1. The first kappa shape index (κ1) is 19.3. The van der Waals surface area contributed by atoms with Crippen molar-refractivity contribution in [1.29, 1.82) is 0 Å². The van der Waals surface area contributed by atoms with E-state index in [1.165, 1.54) is 28.3 Å². The normalized spacial score (nSPS) is 17.1. The van der Waals surface area contributed by atoms with Crippen molar-refractivity contribution in [1.82, 2.24) is 10.2 Å². The largest absolute Gasteiger partial charge is 0.352 e. The Kier molecular flexibility index (Phi) is 5.93. The van der Waals surface area contributed by atoms with Crippen molar-refractivity contribution in [3.63, 3.8) is 0 Å². The molecule has 0 radical (unpaired) electrons. The molecule has 1 unspecified atom stereocenters. The highest BCUT2D eigenvalue weighted by Gasteiger charge is 2.33. The molecule has 2 aromatic rings. The van der Waals surface area contributed by atoms with Crippen LogP contribution in [0.15, 0.2) is 52.3 Å². The Hall–Kier alpha value is -1.98. The fourth-order valence-electron chi connectivity index (χ4n) is 4.23. The number of nitrogens with zero attached hydrogens (tertiary/aromatic N) is 2. The molecule has 0 spiro atoms. The third-order valence-corrected chi connectivity index (χ3v) is 6.72. The molecule has 2 aliphatic heterocycles. The van der Waals surface area contributed by atoms with Crippen molar-refractivity contribution in [2.45, 2.75) is 55.5 Å². The number of carbonyl (C=O) groups excluding carboxylic acids is 1. The van der Waals surface area contributed by atoms with Gasteiger partial charge in [-0.25, -0.2) is 0 Å². The van der Waals surface area contributed by atoms with E-state index in [1.807, 2.05) is 6.07 Å². The van der Waals surface area contributed by atoms with Crippen molar-refractivity contribution >= 4 is 29.0 Å². The van der Waals surface area contributed by atoms with Gasteiger partial charge in [0, 0.05) is 35.0 Å². The summed E-state index contributed by atoms with van der Waals surface area (Å²) >= 11 is 1.80. The highest BCUT2D eigenvalue weighted by Crippen LogP contribution is 2.50. The minimum absolute atomic E-state index is 0.0164. The molecule has 1 fully saturated rings. The van der Waals surface area contributed by atoms with E-state index >= 15 is 0 Å². The Morgan fingerprint density at radius 2 is 1.82 bits per heavy atom. The summed E-state index contributed by atoms with van der Waals surface area (Å²) in [5.41, 5.74) is 3.16. The summed E-state index contributed by atoms with van der Waals surface area (Å²) in [6.45, 7) is 7.35. The van der Waals surface area contributed by atoms with E-state index in [1.54, 1.807) is 11.8 Å². The first-order valence-corrected chi connectivity index (χ1v) is 11.3. The Morgan fingerprint density at radius 1 is 1.07 bits per heavy atom. The molecular formula is C23H29N3OS. The third kappa shape index (κ3) is 3.65. The molecule has 2 aliphatic rings. The number of benzene rings is 2. The lowest BCUT2D eigenvalue weighted by Crippen LogP contribution is -2.45. The molecular weight excluding hydrogens is 366 g/mol.